The Balaban J connectivity index is 3.00. The van der Waals surface area contributed by atoms with Crippen molar-refractivity contribution in [1.29, 1.82) is 0 Å². The van der Waals surface area contributed by atoms with Gasteiger partial charge >= 0.3 is 0 Å². The van der Waals surface area contributed by atoms with Crippen molar-refractivity contribution < 1.29 is 4.74 Å². The van der Waals surface area contributed by atoms with Crippen molar-refractivity contribution in [1.82, 2.24) is 0 Å². The van der Waals surface area contributed by atoms with Crippen LogP contribution >= 0.6 is 0 Å². The van der Waals surface area contributed by atoms with E-state index in [-0.39, 0.29) is 0 Å². The fraction of sp³-hybridized carbons (Fsp3) is 0.538. The van der Waals surface area contributed by atoms with Crippen LogP contribution in [0.4, 0.5) is 0 Å². The first-order chi connectivity index (χ1) is 7.24. The van der Waals surface area contributed by atoms with Gasteiger partial charge in [0.2, 0.25) is 0 Å². The number of rotatable bonds is 5. The van der Waals surface area contributed by atoms with E-state index >= 15 is 0 Å². The number of ether oxygens (including phenoxy) is 1. The summed E-state index contributed by atoms with van der Waals surface area (Å²) >= 11 is 0. The molecule has 2 heteroatoms. The number of hydrogen-bond donors (Lipinski definition) is 1. The third-order valence-corrected chi connectivity index (χ3v) is 3.12. The first-order valence-electron chi connectivity index (χ1n) is 5.57. The molecule has 1 aromatic carbocycles. The molecule has 1 rings (SSSR count). The molecule has 0 aliphatic heterocycles. The number of methoxy groups -OCH3 is 1. The summed E-state index contributed by atoms with van der Waals surface area (Å²) in [6, 6.07) is 8.15. The normalized spacial score (nSPS) is 14.7. The molecular weight excluding hydrogens is 186 g/mol. The zero-order chi connectivity index (χ0) is 11.3. The van der Waals surface area contributed by atoms with Gasteiger partial charge in [-0.2, -0.15) is 0 Å². The zero-order valence-electron chi connectivity index (χ0n) is 9.86. The minimum absolute atomic E-state index is 0.395. The molecule has 0 bridgehead atoms. The molecule has 0 fully saturated rings. The van der Waals surface area contributed by atoms with Crippen molar-refractivity contribution >= 4 is 0 Å². The lowest BCUT2D eigenvalue weighted by atomic mass is 9.85. The first-order valence-corrected chi connectivity index (χ1v) is 5.57. The van der Waals surface area contributed by atoms with Gasteiger partial charge < -0.3 is 10.5 Å². The largest absolute Gasteiger partial charge is 0.496 e. The summed E-state index contributed by atoms with van der Waals surface area (Å²) < 4.78 is 5.37. The third kappa shape index (κ3) is 2.72. The molecule has 1 aromatic rings. The molecule has 0 saturated heterocycles. The van der Waals surface area contributed by atoms with Gasteiger partial charge in [-0.15, -0.1) is 0 Å². The molecule has 2 unspecified atom stereocenters. The molecule has 2 atom stereocenters. The lowest BCUT2D eigenvalue weighted by Crippen LogP contribution is -2.19. The highest BCUT2D eigenvalue weighted by Crippen LogP contribution is 2.32. The molecule has 15 heavy (non-hydrogen) atoms. The molecule has 84 valence electrons. The van der Waals surface area contributed by atoms with Gasteiger partial charge in [0, 0.05) is 5.92 Å². The number of hydrogen-bond acceptors (Lipinski definition) is 2. The van der Waals surface area contributed by atoms with Crippen molar-refractivity contribution in [3.63, 3.8) is 0 Å². The fourth-order valence-corrected chi connectivity index (χ4v) is 1.92. The Morgan fingerprint density at radius 3 is 2.53 bits per heavy atom. The smallest absolute Gasteiger partial charge is 0.122 e. The van der Waals surface area contributed by atoms with E-state index in [2.05, 4.69) is 19.9 Å². The summed E-state index contributed by atoms with van der Waals surface area (Å²) in [5.74, 6) is 1.94. The quantitative estimate of drug-likeness (QED) is 0.805. The van der Waals surface area contributed by atoms with Crippen molar-refractivity contribution in [3.8, 4) is 5.75 Å². The molecular formula is C13H21NO. The Morgan fingerprint density at radius 2 is 2.00 bits per heavy atom. The van der Waals surface area contributed by atoms with Crippen LogP contribution in [0, 0.1) is 5.92 Å². The lowest BCUT2D eigenvalue weighted by molar-refractivity contribution is 0.387. The van der Waals surface area contributed by atoms with E-state index in [0.717, 1.165) is 12.2 Å². The minimum Gasteiger partial charge on any atom is -0.496 e. The second-order valence-electron chi connectivity index (χ2n) is 3.97. The number of benzene rings is 1. The Hall–Kier alpha value is -1.02. The van der Waals surface area contributed by atoms with Gasteiger partial charge in [-0.05, 0) is 24.1 Å². The standard InChI is InChI=1S/C13H21NO/c1-4-10(2)12(9-14)11-7-5-6-8-13(11)15-3/h5-8,10,12H,4,9,14H2,1-3H3. The molecule has 0 aliphatic carbocycles. The summed E-state index contributed by atoms with van der Waals surface area (Å²) in [4.78, 5) is 0. The van der Waals surface area contributed by atoms with E-state index in [1.165, 1.54) is 5.56 Å². The van der Waals surface area contributed by atoms with Gasteiger partial charge in [0.25, 0.3) is 0 Å². The topological polar surface area (TPSA) is 35.2 Å². The highest BCUT2D eigenvalue weighted by Gasteiger charge is 2.19. The van der Waals surface area contributed by atoms with Crippen LogP contribution in [0.2, 0.25) is 0 Å². The van der Waals surface area contributed by atoms with Crippen molar-refractivity contribution in [2.45, 2.75) is 26.2 Å². The summed E-state index contributed by atoms with van der Waals surface area (Å²) in [5.41, 5.74) is 7.08. The van der Waals surface area contributed by atoms with E-state index < -0.39 is 0 Å². The Kier molecular flexibility index (Phi) is 4.63. The molecule has 2 N–H and O–H groups in total. The molecule has 0 saturated carbocycles. The molecule has 0 amide bonds. The van der Waals surface area contributed by atoms with Gasteiger partial charge in [0.05, 0.1) is 7.11 Å². The molecule has 0 aliphatic rings. The lowest BCUT2D eigenvalue weighted by Gasteiger charge is -2.23. The highest BCUT2D eigenvalue weighted by atomic mass is 16.5. The van der Waals surface area contributed by atoms with Crippen LogP contribution in [0.3, 0.4) is 0 Å². The highest BCUT2D eigenvalue weighted by molar-refractivity contribution is 5.36. The number of nitrogens with two attached hydrogens (primary N) is 1. The Labute approximate surface area is 92.4 Å². The van der Waals surface area contributed by atoms with Crippen LogP contribution in [0.1, 0.15) is 31.7 Å². The fourth-order valence-electron chi connectivity index (χ4n) is 1.92. The summed E-state index contributed by atoms with van der Waals surface area (Å²) in [7, 11) is 1.71. The number of para-hydroxylation sites is 1. The minimum atomic E-state index is 0.395. The second-order valence-corrected chi connectivity index (χ2v) is 3.97. The van der Waals surface area contributed by atoms with Gasteiger partial charge in [0.15, 0.2) is 0 Å². The molecule has 0 spiro atoms. The third-order valence-electron chi connectivity index (χ3n) is 3.12. The first kappa shape index (κ1) is 12.1. The van der Waals surface area contributed by atoms with Gasteiger partial charge in [0.1, 0.15) is 5.75 Å². The van der Waals surface area contributed by atoms with Crippen LogP contribution in [-0.2, 0) is 0 Å². The van der Waals surface area contributed by atoms with E-state index in [9.17, 15) is 0 Å². The maximum absolute atomic E-state index is 5.85. The van der Waals surface area contributed by atoms with Crippen molar-refractivity contribution in [3.05, 3.63) is 29.8 Å². The maximum Gasteiger partial charge on any atom is 0.122 e. The second kappa shape index (κ2) is 5.76. The van der Waals surface area contributed by atoms with Crippen LogP contribution in [0.25, 0.3) is 0 Å². The van der Waals surface area contributed by atoms with E-state index in [4.69, 9.17) is 10.5 Å². The van der Waals surface area contributed by atoms with Crippen molar-refractivity contribution in [2.24, 2.45) is 11.7 Å². The Morgan fingerprint density at radius 1 is 1.33 bits per heavy atom. The van der Waals surface area contributed by atoms with Gasteiger partial charge in [-0.3, -0.25) is 0 Å². The summed E-state index contributed by atoms with van der Waals surface area (Å²) in [6.45, 7) is 5.11. The predicted molar refractivity (Wildman–Crippen MR) is 64.2 cm³/mol. The van der Waals surface area contributed by atoms with Gasteiger partial charge in [-0.25, -0.2) is 0 Å². The molecule has 0 heterocycles. The van der Waals surface area contributed by atoms with Crippen LogP contribution in [0.5, 0.6) is 5.75 Å². The van der Waals surface area contributed by atoms with E-state index in [0.29, 0.717) is 18.4 Å². The average Bonchev–Trinajstić information content (AvgIpc) is 2.30. The maximum atomic E-state index is 5.85. The molecule has 0 radical (unpaired) electrons. The Bertz CT molecular complexity index is 298. The monoisotopic (exact) mass is 207 g/mol. The van der Waals surface area contributed by atoms with Gasteiger partial charge in [-0.1, -0.05) is 38.5 Å². The zero-order valence-corrected chi connectivity index (χ0v) is 9.86. The van der Waals surface area contributed by atoms with Crippen molar-refractivity contribution in [2.75, 3.05) is 13.7 Å². The van der Waals surface area contributed by atoms with Crippen LogP contribution in [-0.4, -0.2) is 13.7 Å². The van der Waals surface area contributed by atoms with E-state index in [1.807, 2.05) is 18.2 Å². The summed E-state index contributed by atoms with van der Waals surface area (Å²) in [6.07, 6.45) is 1.14. The average molecular weight is 207 g/mol. The van der Waals surface area contributed by atoms with Crippen LogP contribution in [0.15, 0.2) is 24.3 Å². The van der Waals surface area contributed by atoms with Crippen LogP contribution < -0.4 is 10.5 Å². The predicted octanol–water partition coefficient (Wildman–Crippen LogP) is 2.78. The SMILES string of the molecule is CCC(C)C(CN)c1ccccc1OC. The molecule has 0 aromatic heterocycles. The molecule has 2 nitrogen and oxygen atoms in total. The summed E-state index contributed by atoms with van der Waals surface area (Å²) in [5, 5.41) is 0. The van der Waals surface area contributed by atoms with E-state index in [1.54, 1.807) is 7.11 Å².